The summed E-state index contributed by atoms with van der Waals surface area (Å²) in [7, 11) is 0. The first kappa shape index (κ1) is 7.88. The Morgan fingerprint density at radius 3 is 2.00 bits per heavy atom. The largest absolute Gasteiger partial charge is 0.394 e. The van der Waals surface area contributed by atoms with Crippen LogP contribution in [0.4, 0.5) is 0 Å². The van der Waals surface area contributed by atoms with Gasteiger partial charge < -0.3 is 15.3 Å². The maximum atomic E-state index is 8.62. The minimum Gasteiger partial charge on any atom is -0.394 e. The molecule has 0 aromatic carbocycles. The van der Waals surface area contributed by atoms with Gasteiger partial charge in [0.2, 0.25) is 0 Å². The van der Waals surface area contributed by atoms with Crippen molar-refractivity contribution in [3.8, 4) is 0 Å². The molecule has 0 aromatic rings. The number of hydrogen-bond donors (Lipinski definition) is 3. The molecule has 0 rings (SSSR count). The molecule has 0 amide bonds. The van der Waals surface area contributed by atoms with E-state index in [-0.39, 0.29) is 13.0 Å². The van der Waals surface area contributed by atoms with Crippen molar-refractivity contribution in [3.05, 3.63) is 0 Å². The predicted octanol–water partition coefficient (Wildman–Crippen LogP) is -0.890. The standard InChI is InChI=1S/C5H12O3/c1-4(7)2-5(8)3-6/h4-8H,2-3H2,1H3. The van der Waals surface area contributed by atoms with Gasteiger partial charge in [0.15, 0.2) is 0 Å². The van der Waals surface area contributed by atoms with Crippen LogP contribution in [0.3, 0.4) is 0 Å². The molecule has 0 aliphatic carbocycles. The lowest BCUT2D eigenvalue weighted by Gasteiger charge is -2.07. The maximum absolute atomic E-state index is 8.62. The third kappa shape index (κ3) is 4.05. The van der Waals surface area contributed by atoms with Crippen LogP contribution >= 0.6 is 0 Å². The molecule has 0 bridgehead atoms. The summed E-state index contributed by atoms with van der Waals surface area (Å²) in [6.07, 6.45) is -1.05. The van der Waals surface area contributed by atoms with Gasteiger partial charge >= 0.3 is 0 Å². The lowest BCUT2D eigenvalue weighted by Crippen LogP contribution is -2.18. The summed E-state index contributed by atoms with van der Waals surface area (Å²) in [6, 6.07) is 0. The summed E-state index contributed by atoms with van der Waals surface area (Å²) in [5, 5.41) is 25.4. The average Bonchev–Trinajstić information content (AvgIpc) is 1.65. The highest BCUT2D eigenvalue weighted by molar-refractivity contribution is 4.56. The molecule has 0 spiro atoms. The average molecular weight is 120 g/mol. The van der Waals surface area contributed by atoms with Crippen molar-refractivity contribution in [3.63, 3.8) is 0 Å². The van der Waals surface area contributed by atoms with E-state index in [1.54, 1.807) is 6.92 Å². The Kier molecular flexibility index (Phi) is 3.77. The molecule has 0 saturated carbocycles. The molecule has 2 atom stereocenters. The first-order valence-corrected chi connectivity index (χ1v) is 2.63. The van der Waals surface area contributed by atoms with Gasteiger partial charge in [-0.15, -0.1) is 0 Å². The fraction of sp³-hybridized carbons (Fsp3) is 1.00. The molecule has 0 aromatic heterocycles. The topological polar surface area (TPSA) is 60.7 Å². The Labute approximate surface area is 48.6 Å². The van der Waals surface area contributed by atoms with E-state index in [0.29, 0.717) is 0 Å². The highest BCUT2D eigenvalue weighted by Crippen LogP contribution is 1.94. The van der Waals surface area contributed by atoms with Crippen molar-refractivity contribution >= 4 is 0 Å². The van der Waals surface area contributed by atoms with Crippen LogP contribution in [0.15, 0.2) is 0 Å². The fourth-order valence-corrected chi connectivity index (χ4v) is 0.468. The van der Waals surface area contributed by atoms with Gasteiger partial charge in [-0.2, -0.15) is 0 Å². The lowest BCUT2D eigenvalue weighted by atomic mass is 10.2. The molecule has 0 heterocycles. The minimum atomic E-state index is -0.769. The monoisotopic (exact) mass is 120 g/mol. The molecule has 0 radical (unpaired) electrons. The van der Waals surface area contributed by atoms with Crippen molar-refractivity contribution in [1.29, 1.82) is 0 Å². The van der Waals surface area contributed by atoms with E-state index < -0.39 is 12.2 Å². The van der Waals surface area contributed by atoms with Crippen LogP contribution in [-0.2, 0) is 0 Å². The van der Waals surface area contributed by atoms with Crippen LogP contribution in [0.1, 0.15) is 13.3 Å². The second-order valence-corrected chi connectivity index (χ2v) is 1.92. The summed E-state index contributed by atoms with van der Waals surface area (Å²) < 4.78 is 0. The van der Waals surface area contributed by atoms with Crippen molar-refractivity contribution < 1.29 is 15.3 Å². The van der Waals surface area contributed by atoms with Crippen LogP contribution in [0.2, 0.25) is 0 Å². The number of aliphatic hydroxyl groups excluding tert-OH is 3. The van der Waals surface area contributed by atoms with Gasteiger partial charge in [-0.3, -0.25) is 0 Å². The van der Waals surface area contributed by atoms with E-state index in [9.17, 15) is 0 Å². The summed E-state index contributed by atoms with van der Waals surface area (Å²) >= 11 is 0. The third-order valence-corrected chi connectivity index (χ3v) is 0.824. The van der Waals surface area contributed by atoms with Gasteiger partial charge in [-0.05, 0) is 6.92 Å². The second-order valence-electron chi connectivity index (χ2n) is 1.92. The van der Waals surface area contributed by atoms with Crippen molar-refractivity contribution in [2.45, 2.75) is 25.6 Å². The zero-order valence-electron chi connectivity index (χ0n) is 4.91. The lowest BCUT2D eigenvalue weighted by molar-refractivity contribution is 0.0478. The van der Waals surface area contributed by atoms with E-state index in [0.717, 1.165) is 0 Å². The Morgan fingerprint density at radius 1 is 1.38 bits per heavy atom. The van der Waals surface area contributed by atoms with E-state index in [4.69, 9.17) is 15.3 Å². The molecule has 50 valence electrons. The molecule has 0 aliphatic rings. The molecule has 3 nitrogen and oxygen atoms in total. The highest BCUT2D eigenvalue weighted by atomic mass is 16.3. The van der Waals surface area contributed by atoms with Gasteiger partial charge in [0, 0.05) is 6.42 Å². The maximum Gasteiger partial charge on any atom is 0.0795 e. The normalized spacial score (nSPS) is 18.0. The van der Waals surface area contributed by atoms with Crippen molar-refractivity contribution in [2.24, 2.45) is 0 Å². The highest BCUT2D eigenvalue weighted by Gasteiger charge is 2.04. The Bertz CT molecular complexity index is 53.6. The molecule has 8 heavy (non-hydrogen) atoms. The Hall–Kier alpha value is -0.120. The van der Waals surface area contributed by atoms with Gasteiger partial charge in [0.1, 0.15) is 0 Å². The molecule has 3 heteroatoms. The van der Waals surface area contributed by atoms with Gasteiger partial charge in [0.05, 0.1) is 18.8 Å². The van der Waals surface area contributed by atoms with Crippen molar-refractivity contribution in [2.75, 3.05) is 6.61 Å². The van der Waals surface area contributed by atoms with E-state index in [1.165, 1.54) is 0 Å². The zero-order chi connectivity index (χ0) is 6.57. The predicted molar refractivity (Wildman–Crippen MR) is 29.4 cm³/mol. The molecule has 0 aliphatic heterocycles. The molecular formula is C5H12O3. The first-order valence-electron chi connectivity index (χ1n) is 2.63. The molecule has 0 fully saturated rings. The quantitative estimate of drug-likeness (QED) is 0.453. The minimum absolute atomic E-state index is 0.247. The summed E-state index contributed by atoms with van der Waals surface area (Å²) in [4.78, 5) is 0. The Balaban J connectivity index is 3.10. The molecule has 2 unspecified atom stereocenters. The fourth-order valence-electron chi connectivity index (χ4n) is 0.468. The first-order chi connectivity index (χ1) is 3.66. The Morgan fingerprint density at radius 2 is 1.88 bits per heavy atom. The van der Waals surface area contributed by atoms with E-state index in [1.807, 2.05) is 0 Å². The summed E-state index contributed by atoms with van der Waals surface area (Å²) in [5.41, 5.74) is 0. The number of rotatable bonds is 3. The van der Waals surface area contributed by atoms with Gasteiger partial charge in [0.25, 0.3) is 0 Å². The van der Waals surface area contributed by atoms with Crippen LogP contribution in [0, 0.1) is 0 Å². The van der Waals surface area contributed by atoms with Gasteiger partial charge in [-0.1, -0.05) is 0 Å². The summed E-state index contributed by atoms with van der Waals surface area (Å²) in [6.45, 7) is 1.30. The van der Waals surface area contributed by atoms with Crippen LogP contribution < -0.4 is 0 Å². The third-order valence-electron chi connectivity index (χ3n) is 0.824. The van der Waals surface area contributed by atoms with Crippen LogP contribution in [-0.4, -0.2) is 34.1 Å². The summed E-state index contributed by atoms with van der Waals surface area (Å²) in [5.74, 6) is 0. The van der Waals surface area contributed by atoms with E-state index >= 15 is 0 Å². The van der Waals surface area contributed by atoms with Crippen molar-refractivity contribution in [1.82, 2.24) is 0 Å². The van der Waals surface area contributed by atoms with E-state index in [2.05, 4.69) is 0 Å². The SMILES string of the molecule is CC(O)CC(O)CO. The second kappa shape index (κ2) is 3.83. The number of hydrogen-bond acceptors (Lipinski definition) is 3. The zero-order valence-corrected chi connectivity index (χ0v) is 4.91. The molecule has 3 N–H and O–H groups in total. The van der Waals surface area contributed by atoms with Crippen LogP contribution in [0.5, 0.6) is 0 Å². The number of aliphatic hydroxyl groups is 3. The van der Waals surface area contributed by atoms with Gasteiger partial charge in [-0.25, -0.2) is 0 Å². The molecular weight excluding hydrogens is 108 g/mol. The molecule has 0 saturated heterocycles. The smallest absolute Gasteiger partial charge is 0.0795 e. The van der Waals surface area contributed by atoms with Crippen LogP contribution in [0.25, 0.3) is 0 Å².